The first-order chi connectivity index (χ1) is 32.8. The third kappa shape index (κ3) is 4.87. The second-order valence-electron chi connectivity index (χ2n) is 17.1. The number of hydrogen-bond donors (Lipinski definition) is 0. The summed E-state index contributed by atoms with van der Waals surface area (Å²) in [4.78, 5) is 4.89. The van der Waals surface area contributed by atoms with Crippen molar-refractivity contribution in [2.45, 2.75) is 0 Å². The first-order valence-electron chi connectivity index (χ1n) is 22.4. The average Bonchev–Trinajstić information content (AvgIpc) is 4.11. The van der Waals surface area contributed by atoms with Crippen LogP contribution in [0.15, 0.2) is 224 Å². The van der Waals surface area contributed by atoms with Crippen LogP contribution >= 0.6 is 0 Å². The van der Waals surface area contributed by atoms with E-state index in [9.17, 15) is 6.57 Å². The summed E-state index contributed by atoms with van der Waals surface area (Å²) >= 11 is 0. The fourth-order valence-corrected chi connectivity index (χ4v) is 11.2. The highest BCUT2D eigenvalue weighted by Gasteiger charge is 2.34. The zero-order valence-electron chi connectivity index (χ0n) is 35.6. The quantitative estimate of drug-likeness (QED) is 0.154. The Balaban J connectivity index is 1.37. The molecule has 0 saturated carbocycles. The Bertz CT molecular complexity index is 3890. The molecule has 306 valence electrons. The van der Waals surface area contributed by atoms with Gasteiger partial charge in [0, 0.05) is 48.7 Å². The summed E-state index contributed by atoms with van der Waals surface area (Å²) in [5.41, 5.74) is 14.4. The molecule has 0 radical (unpaired) electrons. The van der Waals surface area contributed by atoms with Crippen molar-refractivity contribution in [2.75, 3.05) is 0 Å². The highest BCUT2D eigenvalue weighted by atomic mass is 15.1. The maximum Gasteiger partial charge on any atom is 0.238 e. The van der Waals surface area contributed by atoms with Crippen LogP contribution in [0, 0.1) is 6.57 Å². The van der Waals surface area contributed by atoms with E-state index in [4.69, 9.17) is 4.85 Å². The number of hydrogen-bond acceptors (Lipinski definition) is 0. The van der Waals surface area contributed by atoms with Crippen LogP contribution in [0.1, 0.15) is 0 Å². The van der Waals surface area contributed by atoms with Crippen LogP contribution in [0.5, 0.6) is 0 Å². The summed E-state index contributed by atoms with van der Waals surface area (Å²) in [5.74, 6) is 0. The maximum absolute atomic E-state index is 9.81. The van der Waals surface area contributed by atoms with Crippen molar-refractivity contribution < 1.29 is 0 Å². The molecule has 0 aliphatic heterocycles. The van der Waals surface area contributed by atoms with Gasteiger partial charge in [-0.2, -0.15) is 0 Å². The van der Waals surface area contributed by atoms with E-state index in [1.807, 2.05) is 0 Å². The van der Waals surface area contributed by atoms with Gasteiger partial charge in [-0.05, 0) is 54.1 Å². The molecule has 0 fully saturated rings. The maximum atomic E-state index is 9.81. The van der Waals surface area contributed by atoms with E-state index in [1.54, 1.807) is 0 Å². The SMILES string of the molecule is [C-]#[N+]c1c(-n2c3ccccc3c3ccccc32)c(-n2c3ccccc3c3ccccc32)c(-c2ccccc2)c(-n2c3ccccc3c3ccccc32)c1-n1c2ccccc2c2ccccc21. The van der Waals surface area contributed by atoms with E-state index in [0.717, 1.165) is 121 Å². The van der Waals surface area contributed by atoms with Gasteiger partial charge in [0.05, 0.1) is 73.5 Å². The predicted octanol–water partition coefficient (Wildman–Crippen LogP) is 16.3. The van der Waals surface area contributed by atoms with E-state index in [-0.39, 0.29) is 0 Å². The molecule has 14 rings (SSSR count). The molecule has 10 aromatic carbocycles. The Morgan fingerprint density at radius 3 is 0.697 bits per heavy atom. The van der Waals surface area contributed by atoms with E-state index < -0.39 is 0 Å². The van der Waals surface area contributed by atoms with Crippen molar-refractivity contribution in [3.8, 4) is 33.9 Å². The Morgan fingerprint density at radius 1 is 0.242 bits per heavy atom. The van der Waals surface area contributed by atoms with Gasteiger partial charge in [-0.25, -0.2) is 4.85 Å². The second kappa shape index (κ2) is 13.9. The van der Waals surface area contributed by atoms with Gasteiger partial charge in [-0.1, -0.05) is 176 Å². The molecule has 14 aromatic rings. The third-order valence-corrected chi connectivity index (χ3v) is 13.8. The molecule has 0 amide bonds. The van der Waals surface area contributed by atoms with Crippen LogP contribution < -0.4 is 0 Å². The Kier molecular flexibility index (Phi) is 7.69. The van der Waals surface area contributed by atoms with Gasteiger partial charge in [0.25, 0.3) is 0 Å². The molecule has 5 heteroatoms. The van der Waals surface area contributed by atoms with Crippen molar-refractivity contribution in [3.05, 3.63) is 236 Å². The van der Waals surface area contributed by atoms with Crippen LogP contribution in [0.25, 0.3) is 126 Å². The fraction of sp³-hybridized carbons (Fsp3) is 0. The molecule has 0 spiro atoms. The minimum Gasteiger partial charge on any atom is -0.317 e. The first kappa shape index (κ1) is 36.4. The monoisotopic (exact) mass is 839 g/mol. The predicted molar refractivity (Wildman–Crippen MR) is 275 cm³/mol. The minimum absolute atomic E-state index is 0.543. The summed E-state index contributed by atoms with van der Waals surface area (Å²) in [6, 6.07) is 80.4. The van der Waals surface area contributed by atoms with Crippen LogP contribution in [0.2, 0.25) is 0 Å². The lowest BCUT2D eigenvalue weighted by Gasteiger charge is -2.29. The van der Waals surface area contributed by atoms with E-state index in [1.165, 1.54) is 0 Å². The van der Waals surface area contributed by atoms with Gasteiger partial charge in [-0.15, -0.1) is 0 Å². The van der Waals surface area contributed by atoms with Gasteiger partial charge >= 0.3 is 0 Å². The number of rotatable bonds is 5. The molecule has 0 unspecified atom stereocenters. The lowest BCUT2D eigenvalue weighted by molar-refractivity contribution is 1.05. The van der Waals surface area contributed by atoms with Gasteiger partial charge in [0.15, 0.2) is 0 Å². The molecule has 0 aliphatic carbocycles. The minimum atomic E-state index is 0.543. The van der Waals surface area contributed by atoms with Gasteiger partial charge in [0.2, 0.25) is 5.69 Å². The smallest absolute Gasteiger partial charge is 0.238 e. The highest BCUT2D eigenvalue weighted by Crippen LogP contribution is 2.54. The summed E-state index contributed by atoms with van der Waals surface area (Å²) in [7, 11) is 0. The Hall–Kier alpha value is -9.11. The van der Waals surface area contributed by atoms with Crippen molar-refractivity contribution >= 4 is 92.9 Å². The number of para-hydroxylation sites is 8. The molecule has 0 aliphatic rings. The summed E-state index contributed by atoms with van der Waals surface area (Å²) < 4.78 is 9.67. The largest absolute Gasteiger partial charge is 0.317 e. The van der Waals surface area contributed by atoms with Gasteiger partial charge < -0.3 is 18.3 Å². The fourth-order valence-electron chi connectivity index (χ4n) is 11.2. The van der Waals surface area contributed by atoms with Crippen LogP contribution in [-0.4, -0.2) is 18.3 Å². The molecule has 4 heterocycles. The van der Waals surface area contributed by atoms with Crippen LogP contribution in [-0.2, 0) is 0 Å². The molecular formula is C61H37N5. The van der Waals surface area contributed by atoms with Crippen molar-refractivity contribution in [1.82, 2.24) is 18.3 Å². The van der Waals surface area contributed by atoms with Crippen LogP contribution in [0.3, 0.4) is 0 Å². The average molecular weight is 840 g/mol. The number of benzene rings is 10. The highest BCUT2D eigenvalue weighted by molar-refractivity contribution is 6.18. The molecular weight excluding hydrogens is 803 g/mol. The molecule has 0 saturated heterocycles. The molecule has 0 bridgehead atoms. The Morgan fingerprint density at radius 2 is 0.455 bits per heavy atom. The van der Waals surface area contributed by atoms with Gasteiger partial charge in [0.1, 0.15) is 0 Å². The lowest BCUT2D eigenvalue weighted by atomic mass is 9.95. The van der Waals surface area contributed by atoms with Crippen molar-refractivity contribution in [2.24, 2.45) is 0 Å². The normalized spacial score (nSPS) is 11.9. The Labute approximate surface area is 379 Å². The second-order valence-corrected chi connectivity index (χ2v) is 17.1. The number of aromatic nitrogens is 4. The molecule has 0 atom stereocenters. The van der Waals surface area contributed by atoms with E-state index in [2.05, 4.69) is 243 Å². The molecule has 0 N–H and O–H groups in total. The lowest BCUT2D eigenvalue weighted by Crippen LogP contribution is -2.14. The third-order valence-electron chi connectivity index (χ3n) is 13.8. The van der Waals surface area contributed by atoms with E-state index in [0.29, 0.717) is 5.69 Å². The number of nitrogens with zero attached hydrogens (tertiary/aromatic N) is 5. The summed E-state index contributed by atoms with van der Waals surface area (Å²) in [6.07, 6.45) is 0. The summed E-state index contributed by atoms with van der Waals surface area (Å²) in [5, 5.41) is 9.10. The zero-order valence-corrected chi connectivity index (χ0v) is 35.6. The van der Waals surface area contributed by atoms with Crippen molar-refractivity contribution in [3.63, 3.8) is 0 Å². The van der Waals surface area contributed by atoms with Gasteiger partial charge in [-0.3, -0.25) is 0 Å². The first-order valence-corrected chi connectivity index (χ1v) is 22.4. The molecule has 5 nitrogen and oxygen atoms in total. The molecule has 66 heavy (non-hydrogen) atoms. The summed E-state index contributed by atoms with van der Waals surface area (Å²) in [6.45, 7) is 9.81. The topological polar surface area (TPSA) is 24.1 Å². The van der Waals surface area contributed by atoms with Crippen LogP contribution in [0.4, 0.5) is 5.69 Å². The number of fused-ring (bicyclic) bond motifs is 12. The van der Waals surface area contributed by atoms with Crippen molar-refractivity contribution in [1.29, 1.82) is 0 Å². The zero-order chi connectivity index (χ0) is 43.5. The van der Waals surface area contributed by atoms with E-state index >= 15 is 0 Å². The standard InChI is InChI=1S/C61H37N5/c1-62-57-60(65-52-35-17-9-27-44(52)45-28-10-18-36-53(45)65)58(63-48-31-13-5-23-40(48)41-24-6-14-32-49(41)63)56(39-21-3-2-4-22-39)59(64-50-33-15-7-25-42(50)43-26-8-16-34-51(43)64)61(57)66-54-37-19-11-29-46(54)47-30-12-20-38-55(47)66/h2-38H. The molecule has 4 aromatic heterocycles.